The van der Waals surface area contributed by atoms with Gasteiger partial charge in [-0.15, -0.1) is 0 Å². The molecule has 0 N–H and O–H groups in total. The Hall–Kier alpha value is -2.63. The summed E-state index contributed by atoms with van der Waals surface area (Å²) in [6.07, 6.45) is 3.57. The fourth-order valence-electron chi connectivity index (χ4n) is 4.22. The lowest BCUT2D eigenvalue weighted by atomic mass is 10.0. The predicted molar refractivity (Wildman–Crippen MR) is 103 cm³/mol. The lowest BCUT2D eigenvalue weighted by Gasteiger charge is -2.22. The van der Waals surface area contributed by atoms with Crippen LogP contribution in [0.1, 0.15) is 30.5 Å². The second-order valence-electron chi connectivity index (χ2n) is 7.38. The standard InChI is InChI=1S/C21H26N4O2/c1-23-21(16-6-3-2-4-7-16)17-9-13-25(14-10-18(17)22-23)20(27)11-15-24-12-5-8-19(24)26/h2-4,6-7H,5,8-15H2,1H3. The molecule has 0 bridgehead atoms. The zero-order chi connectivity index (χ0) is 18.8. The van der Waals surface area contributed by atoms with Gasteiger partial charge in [0.1, 0.15) is 0 Å². The summed E-state index contributed by atoms with van der Waals surface area (Å²) in [6.45, 7) is 2.76. The molecular weight excluding hydrogens is 340 g/mol. The molecule has 0 atom stereocenters. The molecule has 1 aromatic carbocycles. The van der Waals surface area contributed by atoms with Gasteiger partial charge in [0.05, 0.1) is 11.4 Å². The summed E-state index contributed by atoms with van der Waals surface area (Å²) in [7, 11) is 1.99. The molecule has 2 aromatic rings. The average Bonchev–Trinajstić information content (AvgIpc) is 3.16. The molecule has 1 aromatic heterocycles. The van der Waals surface area contributed by atoms with E-state index in [9.17, 15) is 9.59 Å². The lowest BCUT2D eigenvalue weighted by molar-refractivity contribution is -0.132. The van der Waals surface area contributed by atoms with E-state index in [4.69, 9.17) is 5.10 Å². The van der Waals surface area contributed by atoms with Crippen LogP contribution in [-0.4, -0.2) is 57.6 Å². The zero-order valence-electron chi connectivity index (χ0n) is 15.9. The van der Waals surface area contributed by atoms with Crippen molar-refractivity contribution >= 4 is 11.8 Å². The van der Waals surface area contributed by atoms with Gasteiger partial charge in [0.15, 0.2) is 0 Å². The van der Waals surface area contributed by atoms with Crippen molar-refractivity contribution in [2.75, 3.05) is 26.2 Å². The molecule has 27 heavy (non-hydrogen) atoms. The number of hydrogen-bond acceptors (Lipinski definition) is 3. The topological polar surface area (TPSA) is 58.4 Å². The molecule has 2 aliphatic rings. The van der Waals surface area contributed by atoms with Gasteiger partial charge in [-0.2, -0.15) is 5.10 Å². The number of benzene rings is 1. The fourth-order valence-corrected chi connectivity index (χ4v) is 4.22. The van der Waals surface area contributed by atoms with Gasteiger partial charge in [-0.3, -0.25) is 14.3 Å². The molecule has 2 aliphatic heterocycles. The number of hydrogen-bond donors (Lipinski definition) is 0. The SMILES string of the molecule is Cn1nc2c(c1-c1ccccc1)CCN(C(=O)CCN1CCCC1=O)CC2. The fraction of sp³-hybridized carbons (Fsp3) is 0.476. The molecule has 142 valence electrons. The number of amides is 2. The summed E-state index contributed by atoms with van der Waals surface area (Å²) >= 11 is 0. The molecule has 2 amide bonds. The number of aryl methyl sites for hydroxylation is 1. The third kappa shape index (κ3) is 3.61. The minimum atomic E-state index is 0.144. The maximum Gasteiger partial charge on any atom is 0.224 e. The number of rotatable bonds is 4. The van der Waals surface area contributed by atoms with Crippen LogP contribution >= 0.6 is 0 Å². The largest absolute Gasteiger partial charge is 0.342 e. The first-order valence-electron chi connectivity index (χ1n) is 9.79. The maximum absolute atomic E-state index is 12.7. The van der Waals surface area contributed by atoms with E-state index in [1.807, 2.05) is 39.7 Å². The molecule has 6 nitrogen and oxygen atoms in total. The van der Waals surface area contributed by atoms with Gasteiger partial charge in [0.2, 0.25) is 11.8 Å². The highest BCUT2D eigenvalue weighted by molar-refractivity contribution is 5.80. The number of carbonyl (C=O) groups excluding carboxylic acids is 2. The summed E-state index contributed by atoms with van der Waals surface area (Å²) < 4.78 is 1.97. The molecule has 1 saturated heterocycles. The van der Waals surface area contributed by atoms with Crippen molar-refractivity contribution in [3.63, 3.8) is 0 Å². The molecular formula is C21H26N4O2. The van der Waals surface area contributed by atoms with E-state index >= 15 is 0 Å². The van der Waals surface area contributed by atoms with Crippen LogP contribution in [0, 0.1) is 0 Å². The first kappa shape index (κ1) is 17.8. The predicted octanol–water partition coefficient (Wildman–Crippen LogP) is 2.03. The van der Waals surface area contributed by atoms with Crippen LogP contribution in [-0.2, 0) is 29.5 Å². The van der Waals surface area contributed by atoms with E-state index in [1.54, 1.807) is 0 Å². The van der Waals surface area contributed by atoms with Gasteiger partial charge in [-0.05, 0) is 12.8 Å². The third-order valence-corrected chi connectivity index (χ3v) is 5.65. The van der Waals surface area contributed by atoms with Gasteiger partial charge >= 0.3 is 0 Å². The lowest BCUT2D eigenvalue weighted by Crippen LogP contribution is -2.36. The Kier molecular flexibility index (Phi) is 4.97. The van der Waals surface area contributed by atoms with Crippen LogP contribution < -0.4 is 0 Å². The van der Waals surface area contributed by atoms with Crippen LogP contribution in [0.4, 0.5) is 0 Å². The summed E-state index contributed by atoms with van der Waals surface area (Å²) in [5, 5.41) is 4.73. The number of likely N-dealkylation sites (tertiary alicyclic amines) is 1. The molecule has 0 spiro atoms. The van der Waals surface area contributed by atoms with Crippen LogP contribution in [0.15, 0.2) is 30.3 Å². The van der Waals surface area contributed by atoms with E-state index in [0.717, 1.165) is 37.2 Å². The number of fused-ring (bicyclic) bond motifs is 1. The smallest absolute Gasteiger partial charge is 0.224 e. The van der Waals surface area contributed by atoms with Crippen molar-refractivity contribution in [1.29, 1.82) is 0 Å². The van der Waals surface area contributed by atoms with Crippen LogP contribution in [0.25, 0.3) is 11.3 Å². The Bertz CT molecular complexity index is 843. The minimum Gasteiger partial charge on any atom is -0.342 e. The highest BCUT2D eigenvalue weighted by atomic mass is 16.2. The monoisotopic (exact) mass is 366 g/mol. The number of carbonyl (C=O) groups is 2. The molecule has 6 heteroatoms. The van der Waals surface area contributed by atoms with Gasteiger partial charge < -0.3 is 9.80 Å². The normalized spacial score (nSPS) is 17.1. The van der Waals surface area contributed by atoms with Gasteiger partial charge in [-0.25, -0.2) is 0 Å². The highest BCUT2D eigenvalue weighted by Crippen LogP contribution is 2.28. The molecule has 0 unspecified atom stereocenters. The summed E-state index contributed by atoms with van der Waals surface area (Å²) in [4.78, 5) is 28.2. The van der Waals surface area contributed by atoms with Gasteiger partial charge in [0, 0.05) is 63.6 Å². The van der Waals surface area contributed by atoms with E-state index in [0.29, 0.717) is 32.5 Å². The van der Waals surface area contributed by atoms with Crippen LogP contribution in [0.5, 0.6) is 0 Å². The number of nitrogens with zero attached hydrogens (tertiary/aromatic N) is 4. The third-order valence-electron chi connectivity index (χ3n) is 5.65. The Balaban J connectivity index is 1.43. The molecule has 4 rings (SSSR count). The van der Waals surface area contributed by atoms with Crippen LogP contribution in [0.2, 0.25) is 0 Å². The summed E-state index contributed by atoms with van der Waals surface area (Å²) in [5.41, 5.74) is 4.68. The van der Waals surface area contributed by atoms with E-state index in [2.05, 4.69) is 12.1 Å². The van der Waals surface area contributed by atoms with Crippen molar-refractivity contribution in [2.24, 2.45) is 7.05 Å². The summed E-state index contributed by atoms with van der Waals surface area (Å²) in [5.74, 6) is 0.328. The van der Waals surface area contributed by atoms with Gasteiger partial charge in [-0.1, -0.05) is 30.3 Å². The van der Waals surface area contributed by atoms with E-state index in [-0.39, 0.29) is 11.8 Å². The Morgan fingerprint density at radius 3 is 2.59 bits per heavy atom. The first-order chi connectivity index (χ1) is 13.1. The van der Waals surface area contributed by atoms with Crippen LogP contribution in [0.3, 0.4) is 0 Å². The van der Waals surface area contributed by atoms with E-state index in [1.165, 1.54) is 11.1 Å². The van der Waals surface area contributed by atoms with Gasteiger partial charge in [0.25, 0.3) is 0 Å². The highest BCUT2D eigenvalue weighted by Gasteiger charge is 2.26. The second kappa shape index (κ2) is 7.55. The Morgan fingerprint density at radius 1 is 1.07 bits per heavy atom. The van der Waals surface area contributed by atoms with Crippen molar-refractivity contribution in [1.82, 2.24) is 19.6 Å². The Morgan fingerprint density at radius 2 is 1.85 bits per heavy atom. The molecule has 1 fully saturated rings. The maximum atomic E-state index is 12.7. The zero-order valence-corrected chi connectivity index (χ0v) is 15.9. The Labute approximate surface area is 159 Å². The van der Waals surface area contributed by atoms with Crippen molar-refractivity contribution in [2.45, 2.75) is 32.1 Å². The summed E-state index contributed by atoms with van der Waals surface area (Å²) in [6, 6.07) is 10.3. The average molecular weight is 366 g/mol. The molecule has 0 aliphatic carbocycles. The molecule has 3 heterocycles. The van der Waals surface area contributed by atoms with Crippen molar-refractivity contribution < 1.29 is 9.59 Å². The minimum absolute atomic E-state index is 0.144. The quantitative estimate of drug-likeness (QED) is 0.832. The van der Waals surface area contributed by atoms with E-state index < -0.39 is 0 Å². The second-order valence-corrected chi connectivity index (χ2v) is 7.38. The van der Waals surface area contributed by atoms with Crippen molar-refractivity contribution in [3.05, 3.63) is 41.6 Å². The molecule has 0 saturated carbocycles. The molecule has 0 radical (unpaired) electrons. The van der Waals surface area contributed by atoms with Crippen molar-refractivity contribution in [3.8, 4) is 11.3 Å². The number of aromatic nitrogens is 2. The first-order valence-corrected chi connectivity index (χ1v) is 9.79.